The molecule has 0 bridgehead atoms. The number of aromatic nitrogens is 5. The van der Waals surface area contributed by atoms with E-state index in [1.54, 1.807) is 12.0 Å². The van der Waals surface area contributed by atoms with Crippen LogP contribution in [0.3, 0.4) is 0 Å². The van der Waals surface area contributed by atoms with Crippen LogP contribution < -0.4 is 4.74 Å². The van der Waals surface area contributed by atoms with E-state index < -0.39 is 5.60 Å². The number of likely N-dealkylation sites (tertiary alicyclic amines) is 1. The highest BCUT2D eigenvalue weighted by Crippen LogP contribution is 2.33. The molecule has 1 saturated heterocycles. The minimum absolute atomic E-state index is 0.248. The molecule has 0 unspecified atom stereocenters. The lowest BCUT2D eigenvalue weighted by Crippen LogP contribution is -2.41. The highest BCUT2D eigenvalue weighted by molar-refractivity contribution is 5.82. The van der Waals surface area contributed by atoms with Crippen molar-refractivity contribution < 1.29 is 14.3 Å². The number of rotatable bonds is 3. The van der Waals surface area contributed by atoms with Crippen LogP contribution >= 0.6 is 0 Å². The van der Waals surface area contributed by atoms with Crippen molar-refractivity contribution >= 4 is 22.6 Å². The van der Waals surface area contributed by atoms with Crippen LogP contribution in [-0.2, 0) is 4.74 Å². The summed E-state index contributed by atoms with van der Waals surface area (Å²) in [5, 5.41) is 4.73. The van der Waals surface area contributed by atoms with Gasteiger partial charge in [0.25, 0.3) is 0 Å². The number of carbonyl (C=O) groups is 1. The van der Waals surface area contributed by atoms with Crippen LogP contribution in [0.25, 0.3) is 27.9 Å². The fourth-order valence-electron chi connectivity index (χ4n) is 4.71. The quantitative estimate of drug-likeness (QED) is 0.397. The van der Waals surface area contributed by atoms with Gasteiger partial charge in [-0.25, -0.2) is 14.3 Å². The average molecular weight is 489 g/mol. The summed E-state index contributed by atoms with van der Waals surface area (Å²) in [5.74, 6) is 0.897. The Morgan fingerprint density at radius 1 is 1.03 bits per heavy atom. The van der Waals surface area contributed by atoms with Gasteiger partial charge in [0.2, 0.25) is 0 Å². The number of pyridine rings is 2. The fraction of sp³-hybridized carbons (Fsp3) is 0.444. The Balaban J connectivity index is 1.40. The van der Waals surface area contributed by atoms with Crippen molar-refractivity contribution in [3.8, 4) is 17.1 Å². The largest absolute Gasteiger partial charge is 0.494 e. The van der Waals surface area contributed by atoms with Crippen molar-refractivity contribution in [3.05, 3.63) is 47.5 Å². The van der Waals surface area contributed by atoms with Crippen molar-refractivity contribution in [3.63, 3.8) is 0 Å². The van der Waals surface area contributed by atoms with Crippen LogP contribution in [0.1, 0.15) is 56.6 Å². The first-order valence-electron chi connectivity index (χ1n) is 12.3. The van der Waals surface area contributed by atoms with Crippen molar-refractivity contribution in [2.75, 3.05) is 20.2 Å². The third kappa shape index (κ3) is 4.69. The number of amides is 1. The number of ether oxygens (including phenoxy) is 2. The number of methoxy groups -OCH3 is 1. The number of carbonyl (C=O) groups excluding carboxylic acids is 1. The maximum Gasteiger partial charge on any atom is 0.410 e. The maximum atomic E-state index is 12.4. The first-order valence-corrected chi connectivity index (χ1v) is 12.3. The molecule has 0 N–H and O–H groups in total. The Bertz CT molecular complexity index is 1450. The van der Waals surface area contributed by atoms with E-state index in [0.29, 0.717) is 24.5 Å². The Morgan fingerprint density at radius 2 is 1.78 bits per heavy atom. The van der Waals surface area contributed by atoms with Crippen LogP contribution in [0.15, 0.2) is 30.5 Å². The van der Waals surface area contributed by atoms with Gasteiger partial charge in [-0.05, 0) is 65.7 Å². The lowest BCUT2D eigenvalue weighted by Gasteiger charge is -2.33. The fourth-order valence-corrected chi connectivity index (χ4v) is 4.71. The van der Waals surface area contributed by atoms with Gasteiger partial charge in [0, 0.05) is 30.8 Å². The lowest BCUT2D eigenvalue weighted by molar-refractivity contribution is 0.0204. The molecule has 1 fully saturated rings. The lowest BCUT2D eigenvalue weighted by atomic mass is 9.93. The van der Waals surface area contributed by atoms with Crippen molar-refractivity contribution in [2.45, 2.75) is 59.0 Å². The third-order valence-electron chi connectivity index (χ3n) is 6.44. The van der Waals surface area contributed by atoms with Gasteiger partial charge in [0.05, 0.1) is 41.2 Å². The van der Waals surface area contributed by atoms with Gasteiger partial charge in [0.15, 0.2) is 0 Å². The summed E-state index contributed by atoms with van der Waals surface area (Å²) in [6, 6.07) is 7.96. The highest BCUT2D eigenvalue weighted by Gasteiger charge is 2.28. The standard InChI is InChI=1S/C27H32N6O3/c1-16-15-33-23(17(2)28-16)13-22(31-33)25-24(35-6)14-21-20(30-25)8-7-19(29-21)18-9-11-32(12-10-18)26(34)36-27(3,4)5/h7-8,13-15,18H,9-12H2,1-6H3. The number of hydrogen-bond acceptors (Lipinski definition) is 7. The van der Waals surface area contributed by atoms with Crippen LogP contribution in [0, 0.1) is 13.8 Å². The van der Waals surface area contributed by atoms with E-state index in [9.17, 15) is 4.79 Å². The molecule has 4 aromatic heterocycles. The van der Waals surface area contributed by atoms with Gasteiger partial charge in [0.1, 0.15) is 22.7 Å². The molecule has 9 heteroatoms. The zero-order valence-corrected chi connectivity index (χ0v) is 21.7. The van der Waals surface area contributed by atoms with Gasteiger partial charge in [-0.3, -0.25) is 9.97 Å². The number of nitrogens with zero attached hydrogens (tertiary/aromatic N) is 6. The monoisotopic (exact) mass is 488 g/mol. The summed E-state index contributed by atoms with van der Waals surface area (Å²) < 4.78 is 13.1. The maximum absolute atomic E-state index is 12.4. The molecule has 0 radical (unpaired) electrons. The number of piperidine rings is 1. The topological polar surface area (TPSA) is 94.7 Å². The Morgan fingerprint density at radius 3 is 2.47 bits per heavy atom. The molecule has 0 spiro atoms. The van der Waals surface area contributed by atoms with E-state index in [1.807, 2.05) is 69.6 Å². The molecule has 9 nitrogen and oxygen atoms in total. The molecule has 5 heterocycles. The minimum atomic E-state index is -0.489. The molecule has 0 atom stereocenters. The second kappa shape index (κ2) is 9.04. The van der Waals surface area contributed by atoms with E-state index >= 15 is 0 Å². The summed E-state index contributed by atoms with van der Waals surface area (Å²) in [7, 11) is 1.63. The molecule has 188 valence electrons. The van der Waals surface area contributed by atoms with Crippen molar-refractivity contribution in [1.29, 1.82) is 0 Å². The van der Waals surface area contributed by atoms with Gasteiger partial charge in [-0.15, -0.1) is 0 Å². The van der Waals surface area contributed by atoms with Gasteiger partial charge in [-0.1, -0.05) is 0 Å². The molecule has 0 aliphatic carbocycles. The molecule has 1 aliphatic rings. The van der Waals surface area contributed by atoms with E-state index in [2.05, 4.69) is 4.98 Å². The first kappa shape index (κ1) is 24.0. The van der Waals surface area contributed by atoms with Crippen molar-refractivity contribution in [1.82, 2.24) is 29.5 Å². The molecule has 5 rings (SSSR count). The van der Waals surface area contributed by atoms with Crippen LogP contribution in [-0.4, -0.2) is 61.4 Å². The normalized spacial score (nSPS) is 15.0. The van der Waals surface area contributed by atoms with Crippen LogP contribution in [0.2, 0.25) is 0 Å². The third-order valence-corrected chi connectivity index (χ3v) is 6.44. The molecule has 1 aliphatic heterocycles. The predicted octanol–water partition coefficient (Wildman–Crippen LogP) is 5.08. The summed E-state index contributed by atoms with van der Waals surface area (Å²) >= 11 is 0. The Hall–Kier alpha value is -3.75. The van der Waals surface area contributed by atoms with Gasteiger partial charge < -0.3 is 14.4 Å². The molecule has 36 heavy (non-hydrogen) atoms. The molecule has 0 aromatic carbocycles. The number of aryl methyl sites for hydroxylation is 2. The molecule has 4 aromatic rings. The zero-order valence-electron chi connectivity index (χ0n) is 21.7. The Labute approximate surface area is 210 Å². The average Bonchev–Trinajstić information content (AvgIpc) is 3.26. The van der Waals surface area contributed by atoms with Crippen molar-refractivity contribution in [2.24, 2.45) is 0 Å². The van der Waals surface area contributed by atoms with E-state index in [1.165, 1.54) is 0 Å². The van der Waals surface area contributed by atoms with Gasteiger partial charge in [-0.2, -0.15) is 5.10 Å². The zero-order chi connectivity index (χ0) is 25.6. The van der Waals surface area contributed by atoms with Crippen LogP contribution in [0.4, 0.5) is 4.79 Å². The molecular weight excluding hydrogens is 456 g/mol. The SMILES string of the molecule is COc1cc2nc(C3CCN(C(=O)OC(C)(C)C)CC3)ccc2nc1-c1cc2c(C)nc(C)cn2n1. The predicted molar refractivity (Wildman–Crippen MR) is 137 cm³/mol. The second-order valence-electron chi connectivity index (χ2n) is 10.4. The minimum Gasteiger partial charge on any atom is -0.494 e. The molecule has 0 saturated carbocycles. The Kier molecular flexibility index (Phi) is 6.02. The summed E-state index contributed by atoms with van der Waals surface area (Å²) in [6.45, 7) is 10.9. The summed E-state index contributed by atoms with van der Waals surface area (Å²) in [6.07, 6.45) is 3.34. The van der Waals surface area contributed by atoms with Gasteiger partial charge >= 0.3 is 6.09 Å². The van der Waals surface area contributed by atoms with Crippen LogP contribution in [0.5, 0.6) is 5.75 Å². The highest BCUT2D eigenvalue weighted by atomic mass is 16.6. The smallest absolute Gasteiger partial charge is 0.410 e. The number of fused-ring (bicyclic) bond motifs is 2. The van der Waals surface area contributed by atoms with E-state index in [4.69, 9.17) is 24.5 Å². The van der Waals surface area contributed by atoms with E-state index in [0.717, 1.165) is 52.2 Å². The molecule has 1 amide bonds. The van der Waals surface area contributed by atoms with E-state index in [-0.39, 0.29) is 12.0 Å². The first-order chi connectivity index (χ1) is 17.1. The summed E-state index contributed by atoms with van der Waals surface area (Å²) in [4.78, 5) is 28.5. The summed E-state index contributed by atoms with van der Waals surface area (Å²) in [5.41, 5.74) is 6.23. The molecular formula is C27H32N6O3. The number of hydrogen-bond donors (Lipinski definition) is 0. The second-order valence-corrected chi connectivity index (χ2v) is 10.4.